The van der Waals surface area contributed by atoms with Crippen LogP contribution in [0.15, 0.2) is 28.7 Å². The highest BCUT2D eigenvalue weighted by atomic mass is 79.9. The Morgan fingerprint density at radius 1 is 1.44 bits per heavy atom. The van der Waals surface area contributed by atoms with E-state index < -0.39 is 9.84 Å². The number of rotatable bonds is 3. The number of hydrogen-bond acceptors (Lipinski definition) is 3. The van der Waals surface area contributed by atoms with Crippen molar-refractivity contribution < 1.29 is 8.42 Å². The fourth-order valence-electron chi connectivity index (χ4n) is 2.38. The molecule has 1 aromatic carbocycles. The van der Waals surface area contributed by atoms with Gasteiger partial charge in [0.05, 0.1) is 11.5 Å². The van der Waals surface area contributed by atoms with Crippen LogP contribution in [0.5, 0.6) is 0 Å². The molecule has 2 atom stereocenters. The number of halogens is 1. The average molecular weight is 332 g/mol. The molecule has 1 N–H and O–H groups in total. The number of nitrogens with one attached hydrogen (secondary N) is 1. The van der Waals surface area contributed by atoms with Crippen LogP contribution in [0.3, 0.4) is 0 Å². The minimum atomic E-state index is -2.84. The van der Waals surface area contributed by atoms with Crippen LogP contribution in [-0.4, -0.2) is 26.0 Å². The maximum Gasteiger partial charge on any atom is 0.151 e. The van der Waals surface area contributed by atoms with Crippen LogP contribution < -0.4 is 5.32 Å². The minimum absolute atomic E-state index is 0.0812. The molecular formula is C13H18BrNO2S. The highest BCUT2D eigenvalue weighted by molar-refractivity contribution is 9.10. The van der Waals surface area contributed by atoms with Crippen molar-refractivity contribution in [2.24, 2.45) is 0 Å². The Labute approximate surface area is 117 Å². The second-order valence-corrected chi connectivity index (χ2v) is 8.04. The third-order valence-corrected chi connectivity index (χ3v) is 5.61. The van der Waals surface area contributed by atoms with Crippen molar-refractivity contribution in [3.8, 4) is 0 Å². The number of hydrogen-bond donors (Lipinski definition) is 1. The van der Waals surface area contributed by atoms with Gasteiger partial charge in [0.25, 0.3) is 0 Å². The van der Waals surface area contributed by atoms with Crippen molar-refractivity contribution in [2.45, 2.75) is 31.8 Å². The molecule has 0 saturated carbocycles. The maximum absolute atomic E-state index is 11.6. The molecule has 0 radical (unpaired) electrons. The molecule has 2 rings (SSSR count). The molecule has 1 unspecified atom stereocenters. The van der Waals surface area contributed by atoms with Gasteiger partial charge in [-0.3, -0.25) is 0 Å². The standard InChI is InChI=1S/C13H18BrNO2S/c1-10(11-4-2-5-12(14)8-11)15-13-6-3-7-18(16,17)9-13/h2,4-5,8,10,13,15H,3,6-7,9H2,1H3/t10-,13?/m1/s1. The van der Waals surface area contributed by atoms with Crippen molar-refractivity contribution in [1.82, 2.24) is 5.32 Å². The van der Waals surface area contributed by atoms with Gasteiger partial charge in [0.15, 0.2) is 9.84 Å². The Balaban J connectivity index is 2.01. The molecule has 1 fully saturated rings. The average Bonchev–Trinajstić information content (AvgIpc) is 2.27. The van der Waals surface area contributed by atoms with Gasteiger partial charge < -0.3 is 5.32 Å². The molecule has 5 heteroatoms. The molecule has 1 heterocycles. The van der Waals surface area contributed by atoms with E-state index in [4.69, 9.17) is 0 Å². The van der Waals surface area contributed by atoms with E-state index in [-0.39, 0.29) is 17.8 Å². The summed E-state index contributed by atoms with van der Waals surface area (Å²) in [5.41, 5.74) is 1.17. The van der Waals surface area contributed by atoms with E-state index in [1.165, 1.54) is 5.56 Å². The van der Waals surface area contributed by atoms with Crippen molar-refractivity contribution >= 4 is 25.8 Å². The lowest BCUT2D eigenvalue weighted by atomic mass is 10.1. The van der Waals surface area contributed by atoms with Crippen molar-refractivity contribution in [3.63, 3.8) is 0 Å². The van der Waals surface area contributed by atoms with E-state index in [0.717, 1.165) is 17.3 Å². The van der Waals surface area contributed by atoms with E-state index >= 15 is 0 Å². The van der Waals surface area contributed by atoms with Crippen LogP contribution in [0, 0.1) is 0 Å². The molecule has 1 saturated heterocycles. The zero-order chi connectivity index (χ0) is 13.2. The van der Waals surface area contributed by atoms with E-state index in [9.17, 15) is 8.42 Å². The van der Waals surface area contributed by atoms with E-state index in [1.54, 1.807) is 0 Å². The topological polar surface area (TPSA) is 46.2 Å². The highest BCUT2D eigenvalue weighted by Gasteiger charge is 2.25. The molecule has 0 amide bonds. The third kappa shape index (κ3) is 3.80. The molecule has 0 aromatic heterocycles. The lowest BCUT2D eigenvalue weighted by Gasteiger charge is -2.26. The van der Waals surface area contributed by atoms with Gasteiger partial charge >= 0.3 is 0 Å². The molecule has 3 nitrogen and oxygen atoms in total. The molecular weight excluding hydrogens is 314 g/mol. The smallest absolute Gasteiger partial charge is 0.151 e. The molecule has 100 valence electrons. The third-order valence-electron chi connectivity index (χ3n) is 3.30. The molecule has 18 heavy (non-hydrogen) atoms. The number of sulfone groups is 1. The van der Waals surface area contributed by atoms with Crippen LogP contribution >= 0.6 is 15.9 Å². The molecule has 0 aliphatic carbocycles. The summed E-state index contributed by atoms with van der Waals surface area (Å²) in [5, 5.41) is 3.42. The molecule has 1 aliphatic rings. The summed E-state index contributed by atoms with van der Waals surface area (Å²) in [4.78, 5) is 0. The summed E-state index contributed by atoms with van der Waals surface area (Å²) in [6.07, 6.45) is 1.71. The van der Waals surface area contributed by atoms with Crippen LogP contribution in [0.1, 0.15) is 31.4 Å². The van der Waals surface area contributed by atoms with Gasteiger partial charge in [0, 0.05) is 16.6 Å². The van der Waals surface area contributed by atoms with E-state index in [1.807, 2.05) is 12.1 Å². The van der Waals surface area contributed by atoms with Crippen molar-refractivity contribution in [2.75, 3.05) is 11.5 Å². The Hall–Kier alpha value is -0.390. The normalized spacial score (nSPS) is 24.7. The largest absolute Gasteiger partial charge is 0.306 e. The van der Waals surface area contributed by atoms with Gasteiger partial charge in [0.2, 0.25) is 0 Å². The van der Waals surface area contributed by atoms with Crippen molar-refractivity contribution in [3.05, 3.63) is 34.3 Å². The van der Waals surface area contributed by atoms with Crippen LogP contribution in [-0.2, 0) is 9.84 Å². The van der Waals surface area contributed by atoms with E-state index in [2.05, 4.69) is 40.3 Å². The molecule has 1 aromatic rings. The first-order valence-corrected chi connectivity index (χ1v) is 8.80. The van der Waals surface area contributed by atoms with Gasteiger partial charge in [-0.15, -0.1) is 0 Å². The summed E-state index contributed by atoms with van der Waals surface area (Å²) in [6.45, 7) is 2.07. The number of benzene rings is 1. The zero-order valence-electron chi connectivity index (χ0n) is 10.4. The fourth-order valence-corrected chi connectivity index (χ4v) is 4.45. The van der Waals surface area contributed by atoms with Gasteiger partial charge in [0.1, 0.15) is 0 Å². The molecule has 1 aliphatic heterocycles. The summed E-state index contributed by atoms with van der Waals surface area (Å²) >= 11 is 3.45. The first-order chi connectivity index (χ1) is 8.46. The summed E-state index contributed by atoms with van der Waals surface area (Å²) in [5.74, 6) is 0.613. The summed E-state index contributed by atoms with van der Waals surface area (Å²) in [7, 11) is -2.84. The maximum atomic E-state index is 11.6. The molecule has 0 bridgehead atoms. The molecule has 0 spiro atoms. The Kier molecular flexibility index (Phi) is 4.45. The van der Waals surface area contributed by atoms with Crippen LogP contribution in [0.4, 0.5) is 0 Å². The Morgan fingerprint density at radius 2 is 2.22 bits per heavy atom. The fraction of sp³-hybridized carbons (Fsp3) is 0.538. The minimum Gasteiger partial charge on any atom is -0.306 e. The highest BCUT2D eigenvalue weighted by Crippen LogP contribution is 2.20. The van der Waals surface area contributed by atoms with Gasteiger partial charge in [-0.25, -0.2) is 8.42 Å². The first kappa shape index (κ1) is 14.0. The van der Waals surface area contributed by atoms with Crippen LogP contribution in [0.2, 0.25) is 0 Å². The predicted molar refractivity (Wildman–Crippen MR) is 77.4 cm³/mol. The lowest BCUT2D eigenvalue weighted by molar-refractivity contribution is 0.437. The zero-order valence-corrected chi connectivity index (χ0v) is 12.8. The van der Waals surface area contributed by atoms with E-state index in [0.29, 0.717) is 5.75 Å². The van der Waals surface area contributed by atoms with Gasteiger partial charge in [-0.05, 0) is 37.5 Å². The van der Waals surface area contributed by atoms with Crippen LogP contribution in [0.25, 0.3) is 0 Å². The van der Waals surface area contributed by atoms with Gasteiger partial charge in [-0.2, -0.15) is 0 Å². The van der Waals surface area contributed by atoms with Crippen molar-refractivity contribution in [1.29, 1.82) is 0 Å². The second-order valence-electron chi connectivity index (χ2n) is 4.90. The van der Waals surface area contributed by atoms with Gasteiger partial charge in [-0.1, -0.05) is 28.1 Å². The summed E-state index contributed by atoms with van der Waals surface area (Å²) in [6, 6.07) is 8.35. The lowest BCUT2D eigenvalue weighted by Crippen LogP contribution is -2.41. The quantitative estimate of drug-likeness (QED) is 0.926. The first-order valence-electron chi connectivity index (χ1n) is 6.18. The monoisotopic (exact) mass is 331 g/mol. The summed E-state index contributed by atoms with van der Waals surface area (Å²) < 4.78 is 24.2. The predicted octanol–water partition coefficient (Wildman–Crippen LogP) is 2.68. The Morgan fingerprint density at radius 3 is 2.89 bits per heavy atom. The SMILES string of the molecule is C[C@@H](NC1CCCS(=O)(=O)C1)c1cccc(Br)c1. The second kappa shape index (κ2) is 5.72. The Bertz CT molecular complexity index is 515.